The number of aryl methyl sites for hydroxylation is 1. The number of rotatable bonds is 2. The molecule has 2 rings (SSSR count). The number of ether oxygens (including phenoxy) is 1. The molecule has 0 saturated heterocycles. The zero-order chi connectivity index (χ0) is 11.5. The molecule has 1 aromatic carbocycles. The quantitative estimate of drug-likeness (QED) is 0.841. The highest BCUT2D eigenvalue weighted by Gasteiger charge is 2.04. The summed E-state index contributed by atoms with van der Waals surface area (Å²) >= 11 is 9.24. The van der Waals surface area contributed by atoms with Gasteiger partial charge in [-0.2, -0.15) is 0 Å². The molecular weight excluding hydrogens is 291 g/mol. The number of benzene rings is 1. The van der Waals surface area contributed by atoms with Crippen molar-refractivity contribution in [1.82, 2.24) is 9.97 Å². The Bertz CT molecular complexity index is 519. The van der Waals surface area contributed by atoms with Crippen molar-refractivity contribution in [1.29, 1.82) is 0 Å². The van der Waals surface area contributed by atoms with Gasteiger partial charge in [-0.15, -0.1) is 0 Å². The predicted molar refractivity (Wildman–Crippen MR) is 66.0 cm³/mol. The lowest BCUT2D eigenvalue weighted by atomic mass is 10.2. The van der Waals surface area contributed by atoms with Crippen LogP contribution in [0.5, 0.6) is 11.6 Å². The van der Waals surface area contributed by atoms with Gasteiger partial charge in [0.15, 0.2) is 0 Å². The highest BCUT2D eigenvalue weighted by molar-refractivity contribution is 9.10. The monoisotopic (exact) mass is 298 g/mol. The van der Waals surface area contributed by atoms with Crippen LogP contribution in [-0.4, -0.2) is 9.97 Å². The standard InChI is InChI=1S/C11H8BrClN2O/c1-7-4-8(2-3-10(7)13)16-11-9(12)5-14-6-15-11/h2-6H,1H3. The van der Waals surface area contributed by atoms with E-state index in [4.69, 9.17) is 16.3 Å². The van der Waals surface area contributed by atoms with E-state index >= 15 is 0 Å². The van der Waals surface area contributed by atoms with Gasteiger partial charge in [0.05, 0.1) is 4.47 Å². The Balaban J connectivity index is 2.28. The lowest BCUT2D eigenvalue weighted by Gasteiger charge is -2.07. The molecule has 82 valence electrons. The van der Waals surface area contributed by atoms with Crippen molar-refractivity contribution in [2.75, 3.05) is 0 Å². The van der Waals surface area contributed by atoms with Gasteiger partial charge in [-0.25, -0.2) is 9.97 Å². The number of hydrogen-bond donors (Lipinski definition) is 0. The highest BCUT2D eigenvalue weighted by atomic mass is 79.9. The molecule has 1 heterocycles. The first-order chi connectivity index (χ1) is 7.66. The van der Waals surface area contributed by atoms with Gasteiger partial charge in [-0.05, 0) is 46.6 Å². The van der Waals surface area contributed by atoms with E-state index in [1.165, 1.54) is 6.33 Å². The molecular formula is C11H8BrClN2O. The Morgan fingerprint density at radius 3 is 2.88 bits per heavy atom. The fourth-order valence-electron chi connectivity index (χ4n) is 1.17. The molecule has 0 aliphatic heterocycles. The molecule has 0 fully saturated rings. The lowest BCUT2D eigenvalue weighted by molar-refractivity contribution is 0.457. The minimum Gasteiger partial charge on any atom is -0.438 e. The van der Waals surface area contributed by atoms with Crippen LogP contribution in [0.15, 0.2) is 35.2 Å². The molecule has 0 amide bonds. The summed E-state index contributed by atoms with van der Waals surface area (Å²) in [5.41, 5.74) is 0.962. The van der Waals surface area contributed by atoms with E-state index in [2.05, 4.69) is 25.9 Å². The van der Waals surface area contributed by atoms with Crippen LogP contribution < -0.4 is 4.74 Å². The summed E-state index contributed by atoms with van der Waals surface area (Å²) in [4.78, 5) is 7.87. The molecule has 16 heavy (non-hydrogen) atoms. The van der Waals surface area contributed by atoms with Crippen molar-refractivity contribution < 1.29 is 4.74 Å². The van der Waals surface area contributed by atoms with Gasteiger partial charge in [0, 0.05) is 11.2 Å². The smallest absolute Gasteiger partial charge is 0.236 e. The van der Waals surface area contributed by atoms with Crippen LogP contribution in [-0.2, 0) is 0 Å². The summed E-state index contributed by atoms with van der Waals surface area (Å²) in [6.07, 6.45) is 3.06. The van der Waals surface area contributed by atoms with Crippen molar-refractivity contribution >= 4 is 27.5 Å². The van der Waals surface area contributed by atoms with Gasteiger partial charge in [-0.1, -0.05) is 11.6 Å². The van der Waals surface area contributed by atoms with E-state index in [1.807, 2.05) is 13.0 Å². The van der Waals surface area contributed by atoms with Gasteiger partial charge in [-0.3, -0.25) is 0 Å². The van der Waals surface area contributed by atoms with Crippen molar-refractivity contribution in [3.05, 3.63) is 45.8 Å². The molecule has 5 heteroatoms. The molecule has 0 aliphatic carbocycles. The summed E-state index contributed by atoms with van der Waals surface area (Å²) in [6.45, 7) is 1.92. The molecule has 2 aromatic rings. The minimum absolute atomic E-state index is 0.483. The molecule has 0 bridgehead atoms. The lowest BCUT2D eigenvalue weighted by Crippen LogP contribution is -1.90. The van der Waals surface area contributed by atoms with E-state index in [9.17, 15) is 0 Å². The van der Waals surface area contributed by atoms with E-state index in [1.54, 1.807) is 18.3 Å². The van der Waals surface area contributed by atoms with Crippen LogP contribution in [0.1, 0.15) is 5.56 Å². The highest BCUT2D eigenvalue weighted by Crippen LogP contribution is 2.28. The summed E-state index contributed by atoms with van der Waals surface area (Å²) in [7, 11) is 0. The molecule has 1 aromatic heterocycles. The normalized spacial score (nSPS) is 10.2. The van der Waals surface area contributed by atoms with E-state index in [0.29, 0.717) is 21.1 Å². The largest absolute Gasteiger partial charge is 0.438 e. The maximum Gasteiger partial charge on any atom is 0.236 e. The number of hydrogen-bond acceptors (Lipinski definition) is 3. The van der Waals surface area contributed by atoms with Gasteiger partial charge in [0.25, 0.3) is 0 Å². The van der Waals surface area contributed by atoms with Crippen LogP contribution in [0, 0.1) is 6.92 Å². The third-order valence-corrected chi connectivity index (χ3v) is 2.95. The molecule has 3 nitrogen and oxygen atoms in total. The van der Waals surface area contributed by atoms with Crippen molar-refractivity contribution in [2.24, 2.45) is 0 Å². The summed E-state index contributed by atoms with van der Waals surface area (Å²) in [5.74, 6) is 1.18. The first kappa shape index (κ1) is 11.4. The SMILES string of the molecule is Cc1cc(Oc2ncncc2Br)ccc1Cl. The van der Waals surface area contributed by atoms with Crippen LogP contribution in [0.4, 0.5) is 0 Å². The summed E-state index contributed by atoms with van der Waals surface area (Å²) < 4.78 is 6.30. The second kappa shape index (κ2) is 4.80. The Morgan fingerprint density at radius 1 is 1.38 bits per heavy atom. The molecule has 0 aliphatic rings. The molecule has 0 saturated carbocycles. The molecule has 0 atom stereocenters. The maximum absolute atomic E-state index is 5.92. The van der Waals surface area contributed by atoms with Crippen molar-refractivity contribution in [3.8, 4) is 11.6 Å². The molecule has 0 unspecified atom stereocenters. The van der Waals surface area contributed by atoms with E-state index < -0.39 is 0 Å². The topological polar surface area (TPSA) is 35.0 Å². The average Bonchev–Trinajstić information content (AvgIpc) is 2.27. The molecule has 0 spiro atoms. The average molecular weight is 300 g/mol. The third kappa shape index (κ3) is 2.51. The fourth-order valence-corrected chi connectivity index (χ4v) is 1.59. The summed E-state index contributed by atoms with van der Waals surface area (Å²) in [5, 5.41) is 0.717. The van der Waals surface area contributed by atoms with Crippen LogP contribution in [0.3, 0.4) is 0 Å². The zero-order valence-corrected chi connectivity index (χ0v) is 10.8. The van der Waals surface area contributed by atoms with Gasteiger partial charge in [0.2, 0.25) is 5.88 Å². The van der Waals surface area contributed by atoms with Crippen molar-refractivity contribution in [3.63, 3.8) is 0 Å². The minimum atomic E-state index is 0.483. The fraction of sp³-hybridized carbons (Fsp3) is 0.0909. The van der Waals surface area contributed by atoms with E-state index in [-0.39, 0.29) is 0 Å². The summed E-state index contributed by atoms with van der Waals surface area (Å²) in [6, 6.07) is 5.45. The van der Waals surface area contributed by atoms with Gasteiger partial charge < -0.3 is 4.74 Å². The third-order valence-electron chi connectivity index (χ3n) is 1.98. The first-order valence-corrected chi connectivity index (χ1v) is 5.73. The Kier molecular flexibility index (Phi) is 3.41. The van der Waals surface area contributed by atoms with Crippen LogP contribution in [0.25, 0.3) is 0 Å². The number of halogens is 2. The Morgan fingerprint density at radius 2 is 2.19 bits per heavy atom. The van der Waals surface area contributed by atoms with Gasteiger partial charge >= 0.3 is 0 Å². The van der Waals surface area contributed by atoms with Crippen LogP contribution >= 0.6 is 27.5 Å². The Labute approximate surface area is 107 Å². The van der Waals surface area contributed by atoms with E-state index in [0.717, 1.165) is 5.56 Å². The zero-order valence-electron chi connectivity index (χ0n) is 8.45. The van der Waals surface area contributed by atoms with Crippen molar-refractivity contribution in [2.45, 2.75) is 6.92 Å². The number of nitrogens with zero attached hydrogens (tertiary/aromatic N) is 2. The van der Waals surface area contributed by atoms with Gasteiger partial charge in [0.1, 0.15) is 12.1 Å². The maximum atomic E-state index is 5.92. The van der Waals surface area contributed by atoms with Crippen LogP contribution in [0.2, 0.25) is 5.02 Å². The molecule has 0 N–H and O–H groups in total. The number of aromatic nitrogens is 2. The predicted octanol–water partition coefficient (Wildman–Crippen LogP) is 3.99. The first-order valence-electron chi connectivity index (χ1n) is 4.56. The second-order valence-electron chi connectivity index (χ2n) is 3.19. The Hall–Kier alpha value is -1.13. The molecule has 0 radical (unpaired) electrons. The second-order valence-corrected chi connectivity index (χ2v) is 4.45.